The van der Waals surface area contributed by atoms with Gasteiger partial charge in [0.1, 0.15) is 0 Å². The van der Waals surface area contributed by atoms with Gasteiger partial charge in [-0.15, -0.1) is 0 Å². The second-order valence-electron chi connectivity index (χ2n) is 4.80. The summed E-state index contributed by atoms with van der Waals surface area (Å²) in [5, 5.41) is 13.8. The monoisotopic (exact) mass is 264 g/mol. The number of nitrogens with one attached hydrogen (secondary N) is 1. The molecule has 1 aromatic rings. The number of nitro groups is 1. The summed E-state index contributed by atoms with van der Waals surface area (Å²) in [6.07, 6.45) is 1.61. The van der Waals surface area contributed by atoms with Crippen LogP contribution in [0.2, 0.25) is 0 Å². The van der Waals surface area contributed by atoms with Crippen LogP contribution in [-0.4, -0.2) is 16.9 Å². The molecule has 0 radical (unpaired) electrons. The summed E-state index contributed by atoms with van der Waals surface area (Å²) in [7, 11) is 0. The number of benzene rings is 1. The van der Waals surface area contributed by atoms with Gasteiger partial charge in [0, 0.05) is 24.2 Å². The van der Waals surface area contributed by atoms with Gasteiger partial charge in [-0.1, -0.05) is 0 Å². The maximum Gasteiger partial charge on any atom is 0.311 e. The van der Waals surface area contributed by atoms with Gasteiger partial charge in [0.15, 0.2) is 5.75 Å². The van der Waals surface area contributed by atoms with Crippen molar-refractivity contribution in [1.82, 2.24) is 0 Å². The van der Waals surface area contributed by atoms with Crippen LogP contribution < -0.4 is 10.1 Å². The zero-order valence-electron chi connectivity index (χ0n) is 10.9. The lowest BCUT2D eigenvalue weighted by Crippen LogP contribution is -2.11. The number of carbonyl (C=O) groups is 1. The number of amides is 1. The average molecular weight is 264 g/mol. The van der Waals surface area contributed by atoms with Gasteiger partial charge in [0.25, 0.3) is 0 Å². The summed E-state index contributed by atoms with van der Waals surface area (Å²) >= 11 is 0. The van der Waals surface area contributed by atoms with Crippen molar-refractivity contribution in [2.24, 2.45) is 0 Å². The van der Waals surface area contributed by atoms with Crippen LogP contribution in [0.25, 0.3) is 0 Å². The molecule has 0 bridgehead atoms. The molecule has 0 aromatic heterocycles. The predicted molar refractivity (Wildman–Crippen MR) is 70.4 cm³/mol. The average Bonchev–Trinajstić information content (AvgIpc) is 2.47. The van der Waals surface area contributed by atoms with Gasteiger partial charge in [-0.05, 0) is 32.3 Å². The van der Waals surface area contributed by atoms with Crippen molar-refractivity contribution in [3.8, 4) is 5.75 Å². The molecular formula is C13H16N2O4. The van der Waals surface area contributed by atoms with Crippen molar-refractivity contribution < 1.29 is 14.5 Å². The molecule has 19 heavy (non-hydrogen) atoms. The molecule has 0 fully saturated rings. The molecule has 1 aromatic carbocycles. The van der Waals surface area contributed by atoms with Gasteiger partial charge < -0.3 is 10.1 Å². The molecule has 1 aliphatic rings. The number of aryl methyl sites for hydroxylation is 1. The SMILES string of the molecule is CC(C)Oc1cc2c(cc1[N+](=O)[O-])CCCC(=O)N2. The van der Waals surface area contributed by atoms with E-state index in [4.69, 9.17) is 4.74 Å². The number of rotatable bonds is 3. The highest BCUT2D eigenvalue weighted by atomic mass is 16.6. The van der Waals surface area contributed by atoms with Crippen LogP contribution in [-0.2, 0) is 11.2 Å². The fraction of sp³-hybridized carbons (Fsp3) is 0.462. The van der Waals surface area contributed by atoms with Crippen LogP contribution in [0.4, 0.5) is 11.4 Å². The summed E-state index contributed by atoms with van der Waals surface area (Å²) in [6.45, 7) is 3.60. The highest BCUT2D eigenvalue weighted by molar-refractivity contribution is 5.93. The first-order valence-corrected chi connectivity index (χ1v) is 6.25. The van der Waals surface area contributed by atoms with Crippen LogP contribution in [0.15, 0.2) is 12.1 Å². The molecule has 1 amide bonds. The van der Waals surface area contributed by atoms with Gasteiger partial charge >= 0.3 is 5.69 Å². The number of carbonyl (C=O) groups excluding carboxylic acids is 1. The fourth-order valence-corrected chi connectivity index (χ4v) is 2.08. The van der Waals surface area contributed by atoms with Gasteiger partial charge in [-0.3, -0.25) is 14.9 Å². The largest absolute Gasteiger partial charge is 0.484 e. The summed E-state index contributed by atoms with van der Waals surface area (Å²) in [4.78, 5) is 22.1. The van der Waals surface area contributed by atoms with Crippen molar-refractivity contribution in [3.63, 3.8) is 0 Å². The van der Waals surface area contributed by atoms with E-state index in [0.29, 0.717) is 24.9 Å². The number of nitrogens with zero attached hydrogens (tertiary/aromatic N) is 1. The minimum atomic E-state index is -0.454. The molecule has 1 heterocycles. The van der Waals surface area contributed by atoms with E-state index in [1.165, 1.54) is 6.07 Å². The molecule has 6 heteroatoms. The van der Waals surface area contributed by atoms with Gasteiger partial charge in [0.2, 0.25) is 5.91 Å². The first-order valence-electron chi connectivity index (χ1n) is 6.25. The lowest BCUT2D eigenvalue weighted by Gasteiger charge is -2.13. The van der Waals surface area contributed by atoms with Crippen LogP contribution in [0.5, 0.6) is 5.75 Å². The summed E-state index contributed by atoms with van der Waals surface area (Å²) in [5.41, 5.74) is 1.35. The molecule has 0 atom stereocenters. The number of ether oxygens (including phenoxy) is 1. The maximum absolute atomic E-state index is 11.5. The Hall–Kier alpha value is -2.11. The molecule has 102 valence electrons. The van der Waals surface area contributed by atoms with Crippen LogP contribution in [0, 0.1) is 10.1 Å². The van der Waals surface area contributed by atoms with Crippen molar-refractivity contribution in [2.75, 3.05) is 5.32 Å². The van der Waals surface area contributed by atoms with Gasteiger partial charge in [-0.25, -0.2) is 0 Å². The minimum absolute atomic E-state index is 0.0522. The van der Waals surface area contributed by atoms with E-state index in [-0.39, 0.29) is 23.4 Å². The number of fused-ring (bicyclic) bond motifs is 1. The van der Waals surface area contributed by atoms with E-state index in [1.54, 1.807) is 19.9 Å². The molecular weight excluding hydrogens is 248 g/mol. The Kier molecular flexibility index (Phi) is 3.69. The summed E-state index contributed by atoms with van der Waals surface area (Å²) in [5.74, 6) is 0.129. The first-order chi connectivity index (χ1) is 8.97. The maximum atomic E-state index is 11.5. The van der Waals surface area contributed by atoms with E-state index >= 15 is 0 Å². The molecule has 0 saturated heterocycles. The molecule has 1 N–H and O–H groups in total. The first kappa shape index (κ1) is 13.3. The van der Waals surface area contributed by atoms with Crippen molar-refractivity contribution >= 4 is 17.3 Å². The van der Waals surface area contributed by atoms with Gasteiger partial charge in [-0.2, -0.15) is 0 Å². The highest BCUT2D eigenvalue weighted by Crippen LogP contribution is 2.35. The molecule has 0 spiro atoms. The highest BCUT2D eigenvalue weighted by Gasteiger charge is 2.22. The third-order valence-corrected chi connectivity index (χ3v) is 2.87. The predicted octanol–water partition coefficient (Wildman–Crippen LogP) is 2.66. The van der Waals surface area contributed by atoms with Crippen LogP contribution >= 0.6 is 0 Å². The molecule has 0 saturated carbocycles. The summed E-state index contributed by atoms with van der Waals surface area (Å²) in [6, 6.07) is 3.05. The van der Waals surface area contributed by atoms with E-state index in [9.17, 15) is 14.9 Å². The quantitative estimate of drug-likeness (QED) is 0.672. The van der Waals surface area contributed by atoms with Gasteiger partial charge in [0.05, 0.1) is 11.0 Å². The summed E-state index contributed by atoms with van der Waals surface area (Å²) < 4.78 is 5.46. The van der Waals surface area contributed by atoms with E-state index in [1.807, 2.05) is 0 Å². The van der Waals surface area contributed by atoms with E-state index in [0.717, 1.165) is 5.56 Å². The third-order valence-electron chi connectivity index (χ3n) is 2.87. The van der Waals surface area contributed by atoms with Crippen molar-refractivity contribution in [2.45, 2.75) is 39.2 Å². The Morgan fingerprint density at radius 3 is 2.74 bits per heavy atom. The Balaban J connectivity index is 2.48. The number of anilines is 1. The standard InChI is InChI=1S/C13H16N2O4/c1-8(2)19-12-7-10-9(6-11(12)15(17)18)4-3-5-13(16)14-10/h6-8H,3-5H2,1-2H3,(H,14,16). The number of hydrogen-bond donors (Lipinski definition) is 1. The smallest absolute Gasteiger partial charge is 0.311 e. The zero-order valence-corrected chi connectivity index (χ0v) is 10.9. The Morgan fingerprint density at radius 1 is 1.37 bits per heavy atom. The van der Waals surface area contributed by atoms with Crippen LogP contribution in [0.1, 0.15) is 32.3 Å². The molecule has 2 rings (SSSR count). The lowest BCUT2D eigenvalue weighted by molar-refractivity contribution is -0.386. The Morgan fingerprint density at radius 2 is 2.11 bits per heavy atom. The van der Waals surface area contributed by atoms with Crippen LogP contribution in [0.3, 0.4) is 0 Å². The second kappa shape index (κ2) is 5.26. The third kappa shape index (κ3) is 3.01. The number of nitro benzene ring substituents is 1. The number of hydrogen-bond acceptors (Lipinski definition) is 4. The Bertz CT molecular complexity index is 526. The van der Waals surface area contributed by atoms with Crippen molar-refractivity contribution in [3.05, 3.63) is 27.8 Å². The Labute approximate surface area is 110 Å². The molecule has 0 unspecified atom stereocenters. The fourth-order valence-electron chi connectivity index (χ4n) is 2.08. The zero-order chi connectivity index (χ0) is 14.0. The normalized spacial score (nSPS) is 14.6. The lowest BCUT2D eigenvalue weighted by atomic mass is 10.1. The van der Waals surface area contributed by atoms with Crippen molar-refractivity contribution in [1.29, 1.82) is 0 Å². The second-order valence-corrected chi connectivity index (χ2v) is 4.80. The minimum Gasteiger partial charge on any atom is -0.484 e. The topological polar surface area (TPSA) is 81.5 Å². The molecule has 0 aliphatic carbocycles. The molecule has 1 aliphatic heterocycles. The molecule has 6 nitrogen and oxygen atoms in total. The van der Waals surface area contributed by atoms with E-state index < -0.39 is 4.92 Å². The van der Waals surface area contributed by atoms with E-state index in [2.05, 4.69) is 5.32 Å².